The summed E-state index contributed by atoms with van der Waals surface area (Å²) >= 11 is 0. The lowest BCUT2D eigenvalue weighted by molar-refractivity contribution is -0.120. The number of aromatic amines is 1. The second-order valence-corrected chi connectivity index (χ2v) is 7.64. The summed E-state index contributed by atoms with van der Waals surface area (Å²) in [5.74, 6) is 0.398. The Hall–Kier alpha value is -2.14. The predicted molar refractivity (Wildman–Crippen MR) is 93.4 cm³/mol. The molecule has 1 aromatic heterocycles. The van der Waals surface area contributed by atoms with E-state index in [1.54, 1.807) is 6.20 Å². The summed E-state index contributed by atoms with van der Waals surface area (Å²) in [5, 5.41) is 0.910. The number of H-pyrrole nitrogens is 1. The van der Waals surface area contributed by atoms with Crippen LogP contribution in [0.3, 0.4) is 0 Å². The van der Waals surface area contributed by atoms with Crippen molar-refractivity contribution in [3.8, 4) is 0 Å². The topological polar surface area (TPSA) is 62.4 Å². The molecule has 5 atom stereocenters. The number of para-hydroxylation sites is 1. The second kappa shape index (κ2) is 5.70. The molecule has 2 aromatic rings. The van der Waals surface area contributed by atoms with E-state index in [2.05, 4.69) is 9.88 Å². The molecule has 1 saturated carbocycles. The summed E-state index contributed by atoms with van der Waals surface area (Å²) in [7, 11) is 0. The van der Waals surface area contributed by atoms with Gasteiger partial charge in [0, 0.05) is 41.5 Å². The van der Waals surface area contributed by atoms with E-state index in [4.69, 9.17) is 4.74 Å². The quantitative estimate of drug-likeness (QED) is 0.855. The highest BCUT2D eigenvalue weighted by Gasteiger charge is 2.52. The lowest BCUT2D eigenvalue weighted by Gasteiger charge is -2.45. The number of nitrogens with zero attached hydrogens (tertiary/aromatic N) is 1. The molecule has 0 amide bonds. The monoisotopic (exact) mass is 338 g/mol. The maximum atomic E-state index is 12.7. The van der Waals surface area contributed by atoms with E-state index in [9.17, 15) is 9.59 Å². The van der Waals surface area contributed by atoms with Crippen LogP contribution in [0.5, 0.6) is 0 Å². The zero-order valence-electron chi connectivity index (χ0n) is 14.1. The Labute approximate surface area is 146 Å². The normalized spacial score (nSPS) is 34.1. The van der Waals surface area contributed by atoms with Crippen molar-refractivity contribution in [2.75, 3.05) is 6.54 Å². The first kappa shape index (κ1) is 15.1. The molecule has 4 heterocycles. The van der Waals surface area contributed by atoms with Crippen LogP contribution in [-0.4, -0.2) is 46.4 Å². The Bertz CT molecular complexity index is 842. The summed E-state index contributed by atoms with van der Waals surface area (Å²) in [6.45, 7) is 0.600. The Kier molecular flexibility index (Phi) is 3.45. The molecule has 4 bridgehead atoms. The van der Waals surface area contributed by atoms with Crippen molar-refractivity contribution in [1.82, 2.24) is 9.88 Å². The standard InChI is InChI=1S/C20H22N2O3/c23-19-11-22-12-8-13(4-3-6-15(19)18(22)9-12)25-20(24)16-10-21-17-7-2-1-5-14(16)17/h1-2,5,7,10,12-13,15,18,21H,3-4,6,8-9,11H2. The van der Waals surface area contributed by atoms with Crippen molar-refractivity contribution in [1.29, 1.82) is 0 Å². The summed E-state index contributed by atoms with van der Waals surface area (Å²) < 4.78 is 5.89. The number of hydrogen-bond acceptors (Lipinski definition) is 4. The molecule has 0 spiro atoms. The Morgan fingerprint density at radius 1 is 1.20 bits per heavy atom. The van der Waals surface area contributed by atoms with Crippen LogP contribution < -0.4 is 0 Å². The SMILES string of the molecule is O=C(OC1CCCC2C(=O)CN3C(C1)CC23)c1c[nH]c2ccccc12. The van der Waals surface area contributed by atoms with Gasteiger partial charge in [0.2, 0.25) is 0 Å². The summed E-state index contributed by atoms with van der Waals surface area (Å²) in [6, 6.07) is 8.64. The maximum Gasteiger partial charge on any atom is 0.340 e. The van der Waals surface area contributed by atoms with Crippen LogP contribution in [0.25, 0.3) is 10.9 Å². The average molecular weight is 338 g/mol. The first-order chi connectivity index (χ1) is 12.2. The van der Waals surface area contributed by atoms with Gasteiger partial charge < -0.3 is 9.72 Å². The van der Waals surface area contributed by atoms with Gasteiger partial charge in [-0.25, -0.2) is 4.79 Å². The van der Waals surface area contributed by atoms with E-state index in [1.807, 2.05) is 24.3 Å². The summed E-state index contributed by atoms with van der Waals surface area (Å²) in [4.78, 5) is 30.3. The summed E-state index contributed by atoms with van der Waals surface area (Å²) in [6.07, 6.45) is 6.37. The van der Waals surface area contributed by atoms with E-state index in [0.29, 0.717) is 30.0 Å². The van der Waals surface area contributed by atoms with Gasteiger partial charge in [-0.3, -0.25) is 9.69 Å². The van der Waals surface area contributed by atoms with E-state index in [1.165, 1.54) is 0 Å². The molecule has 5 nitrogen and oxygen atoms in total. The maximum absolute atomic E-state index is 12.7. The van der Waals surface area contributed by atoms with Crippen LogP contribution in [0, 0.1) is 5.92 Å². The highest BCUT2D eigenvalue weighted by atomic mass is 16.5. The molecule has 1 N–H and O–H groups in total. The smallest absolute Gasteiger partial charge is 0.340 e. The fraction of sp³-hybridized carbons (Fsp3) is 0.500. The number of benzene rings is 1. The van der Waals surface area contributed by atoms with Crippen molar-refractivity contribution in [3.05, 3.63) is 36.0 Å². The minimum absolute atomic E-state index is 0.0541. The lowest BCUT2D eigenvalue weighted by atomic mass is 9.84. The van der Waals surface area contributed by atoms with Crippen LogP contribution in [0.2, 0.25) is 0 Å². The largest absolute Gasteiger partial charge is 0.459 e. The molecule has 0 radical (unpaired) electrons. The zero-order chi connectivity index (χ0) is 17.0. The van der Waals surface area contributed by atoms with Crippen LogP contribution in [-0.2, 0) is 9.53 Å². The van der Waals surface area contributed by atoms with E-state index < -0.39 is 0 Å². The van der Waals surface area contributed by atoms with Crippen LogP contribution in [0.1, 0.15) is 42.5 Å². The molecule has 25 heavy (non-hydrogen) atoms. The number of aromatic nitrogens is 1. The Morgan fingerprint density at radius 2 is 2.08 bits per heavy atom. The number of nitrogens with one attached hydrogen (secondary N) is 1. The number of carbonyl (C=O) groups excluding carboxylic acids is 2. The van der Waals surface area contributed by atoms with Gasteiger partial charge in [0.1, 0.15) is 6.10 Å². The molecule has 3 aliphatic heterocycles. The minimum Gasteiger partial charge on any atom is -0.459 e. The Morgan fingerprint density at radius 3 is 3.00 bits per heavy atom. The van der Waals surface area contributed by atoms with E-state index >= 15 is 0 Å². The van der Waals surface area contributed by atoms with Gasteiger partial charge in [-0.2, -0.15) is 0 Å². The fourth-order valence-electron chi connectivity index (χ4n) is 4.97. The van der Waals surface area contributed by atoms with Crippen molar-refractivity contribution in [3.63, 3.8) is 0 Å². The molecule has 1 aliphatic carbocycles. The van der Waals surface area contributed by atoms with Crippen molar-refractivity contribution in [2.24, 2.45) is 5.92 Å². The molecule has 4 fully saturated rings. The molecular weight excluding hydrogens is 316 g/mol. The zero-order valence-corrected chi connectivity index (χ0v) is 14.1. The van der Waals surface area contributed by atoms with Gasteiger partial charge in [0.05, 0.1) is 12.1 Å². The first-order valence-corrected chi connectivity index (χ1v) is 9.26. The highest BCUT2D eigenvalue weighted by molar-refractivity contribution is 6.04. The van der Waals surface area contributed by atoms with Gasteiger partial charge in [0.15, 0.2) is 5.78 Å². The number of ketones is 1. The highest BCUT2D eigenvalue weighted by Crippen LogP contribution is 2.43. The molecule has 130 valence electrons. The van der Waals surface area contributed by atoms with Crippen molar-refractivity contribution in [2.45, 2.75) is 50.3 Å². The number of esters is 1. The lowest BCUT2D eigenvalue weighted by Crippen LogP contribution is -2.54. The van der Waals surface area contributed by atoms with Crippen LogP contribution >= 0.6 is 0 Å². The predicted octanol–water partition coefficient (Wildman–Crippen LogP) is 2.91. The number of ether oxygens (including phenoxy) is 1. The second-order valence-electron chi connectivity index (χ2n) is 7.64. The number of rotatable bonds is 2. The molecule has 5 unspecified atom stereocenters. The Balaban J connectivity index is 1.32. The van der Waals surface area contributed by atoms with Crippen molar-refractivity contribution < 1.29 is 14.3 Å². The van der Waals surface area contributed by atoms with Crippen LogP contribution in [0.15, 0.2) is 30.5 Å². The van der Waals surface area contributed by atoms with Crippen molar-refractivity contribution >= 4 is 22.7 Å². The first-order valence-electron chi connectivity index (χ1n) is 9.26. The number of Topliss-reactive ketones (excluding diaryl/α,β-unsaturated/α-hetero) is 1. The number of hydrogen-bond donors (Lipinski definition) is 1. The third kappa shape index (κ3) is 2.41. The van der Waals surface area contributed by atoms with E-state index in [-0.39, 0.29) is 18.0 Å². The third-order valence-electron chi connectivity index (χ3n) is 6.28. The number of fused-ring (bicyclic) bond motifs is 5. The third-order valence-corrected chi connectivity index (χ3v) is 6.28. The fourth-order valence-corrected chi connectivity index (χ4v) is 4.97. The van der Waals surface area contributed by atoms with Crippen LogP contribution in [0.4, 0.5) is 0 Å². The molecule has 3 saturated heterocycles. The molecule has 6 rings (SSSR count). The van der Waals surface area contributed by atoms with Gasteiger partial charge >= 0.3 is 5.97 Å². The average Bonchev–Trinajstić information content (AvgIpc) is 3.16. The minimum atomic E-state index is -0.242. The molecular formula is C20H22N2O3. The molecule has 5 heteroatoms. The summed E-state index contributed by atoms with van der Waals surface area (Å²) in [5.41, 5.74) is 1.56. The van der Waals surface area contributed by atoms with Gasteiger partial charge in [-0.05, 0) is 31.7 Å². The van der Waals surface area contributed by atoms with Gasteiger partial charge in [0.25, 0.3) is 0 Å². The van der Waals surface area contributed by atoms with E-state index in [0.717, 1.165) is 43.0 Å². The number of carbonyl (C=O) groups is 2. The molecule has 1 aromatic carbocycles. The molecule has 4 aliphatic rings. The van der Waals surface area contributed by atoms with Gasteiger partial charge in [-0.1, -0.05) is 18.2 Å². The van der Waals surface area contributed by atoms with Gasteiger partial charge in [-0.15, -0.1) is 0 Å².